The molecular formula is C11H13N3O3. The summed E-state index contributed by atoms with van der Waals surface area (Å²) in [7, 11) is 0. The van der Waals surface area contributed by atoms with E-state index in [1.54, 1.807) is 12.1 Å². The number of nitrogens with zero attached hydrogens (tertiary/aromatic N) is 2. The number of carbonyl (C=O) groups is 1. The first-order valence-electron chi connectivity index (χ1n) is 5.49. The second kappa shape index (κ2) is 4.82. The van der Waals surface area contributed by atoms with Gasteiger partial charge in [0.25, 0.3) is 0 Å². The van der Waals surface area contributed by atoms with E-state index in [0.717, 1.165) is 17.4 Å². The molecule has 0 radical (unpaired) electrons. The maximum absolute atomic E-state index is 11.8. The van der Waals surface area contributed by atoms with Crippen molar-refractivity contribution in [2.45, 2.75) is 19.8 Å². The first kappa shape index (κ1) is 11.4. The number of unbranched alkanes of at least 4 members (excludes halogenated alkanes) is 1. The third-order valence-electron chi connectivity index (χ3n) is 2.35. The summed E-state index contributed by atoms with van der Waals surface area (Å²) in [4.78, 5) is 27.2. The number of fused-ring (bicyclic) bond motifs is 1. The van der Waals surface area contributed by atoms with Crippen LogP contribution in [0.1, 0.15) is 19.8 Å². The van der Waals surface area contributed by atoms with E-state index in [9.17, 15) is 9.59 Å². The van der Waals surface area contributed by atoms with Crippen LogP contribution in [0, 0.1) is 0 Å². The zero-order valence-corrected chi connectivity index (χ0v) is 9.47. The Hall–Kier alpha value is -2.11. The molecule has 17 heavy (non-hydrogen) atoms. The number of amides is 1. The maximum Gasteiger partial charge on any atom is 0.429 e. The van der Waals surface area contributed by atoms with Gasteiger partial charge in [0.2, 0.25) is 0 Å². The van der Waals surface area contributed by atoms with Crippen LogP contribution in [0.25, 0.3) is 11.2 Å². The van der Waals surface area contributed by atoms with Gasteiger partial charge in [-0.3, -0.25) is 0 Å². The van der Waals surface area contributed by atoms with Crippen molar-refractivity contribution in [3.8, 4) is 0 Å². The molecule has 0 aliphatic rings. The van der Waals surface area contributed by atoms with E-state index >= 15 is 0 Å². The minimum absolute atomic E-state index is 0.242. The second-order valence-corrected chi connectivity index (χ2v) is 3.61. The Morgan fingerprint density at radius 1 is 1.59 bits per heavy atom. The van der Waals surface area contributed by atoms with E-state index in [1.165, 1.54) is 6.20 Å². The van der Waals surface area contributed by atoms with E-state index in [0.29, 0.717) is 12.1 Å². The number of aromatic nitrogens is 2. The number of hydrogen-bond acceptors (Lipinski definition) is 4. The zero-order valence-electron chi connectivity index (χ0n) is 9.47. The van der Waals surface area contributed by atoms with E-state index in [2.05, 4.69) is 10.3 Å². The topological polar surface area (TPSA) is 77.1 Å². The summed E-state index contributed by atoms with van der Waals surface area (Å²) < 4.78 is 5.82. The van der Waals surface area contributed by atoms with Crippen LogP contribution in [0.4, 0.5) is 4.79 Å². The van der Waals surface area contributed by atoms with Crippen LogP contribution < -0.4 is 11.1 Å². The molecule has 0 saturated heterocycles. The molecule has 1 amide bonds. The van der Waals surface area contributed by atoms with Crippen molar-refractivity contribution in [2.75, 3.05) is 6.54 Å². The van der Waals surface area contributed by atoms with E-state index in [4.69, 9.17) is 4.42 Å². The first-order chi connectivity index (χ1) is 8.24. The molecule has 0 unspecified atom stereocenters. The van der Waals surface area contributed by atoms with Crippen molar-refractivity contribution in [1.82, 2.24) is 14.9 Å². The molecule has 1 N–H and O–H groups in total. The van der Waals surface area contributed by atoms with Crippen LogP contribution in [-0.4, -0.2) is 22.1 Å². The number of carbonyl (C=O) groups excluding carboxylic acids is 1. The quantitative estimate of drug-likeness (QED) is 0.814. The van der Waals surface area contributed by atoms with Gasteiger partial charge in [0, 0.05) is 12.7 Å². The highest BCUT2D eigenvalue weighted by molar-refractivity contribution is 5.85. The third kappa shape index (κ3) is 2.20. The normalized spacial score (nSPS) is 10.6. The van der Waals surface area contributed by atoms with Crippen LogP contribution >= 0.6 is 0 Å². The number of nitrogens with one attached hydrogen (secondary N) is 1. The highest BCUT2D eigenvalue weighted by Gasteiger charge is 2.15. The Bertz CT molecular complexity index is 585. The summed E-state index contributed by atoms with van der Waals surface area (Å²) in [5.41, 5.74) is 0.551. The first-order valence-corrected chi connectivity index (χ1v) is 5.49. The molecule has 0 bridgehead atoms. The lowest BCUT2D eigenvalue weighted by Crippen LogP contribution is -2.34. The maximum atomic E-state index is 11.8. The highest BCUT2D eigenvalue weighted by atomic mass is 16.4. The highest BCUT2D eigenvalue weighted by Crippen LogP contribution is 2.07. The summed E-state index contributed by atoms with van der Waals surface area (Å²) in [6.07, 6.45) is 3.34. The van der Waals surface area contributed by atoms with Gasteiger partial charge < -0.3 is 9.73 Å². The van der Waals surface area contributed by atoms with Gasteiger partial charge in [-0.15, -0.1) is 0 Å². The lowest BCUT2D eigenvalue weighted by atomic mass is 10.3. The predicted octanol–water partition coefficient (Wildman–Crippen LogP) is 1.35. The van der Waals surface area contributed by atoms with Crippen molar-refractivity contribution >= 4 is 17.3 Å². The summed E-state index contributed by atoms with van der Waals surface area (Å²) in [5.74, 6) is -0.715. The molecule has 0 aliphatic carbocycles. The molecule has 0 aromatic carbocycles. The van der Waals surface area contributed by atoms with Crippen LogP contribution in [-0.2, 0) is 0 Å². The van der Waals surface area contributed by atoms with Gasteiger partial charge in [0.1, 0.15) is 0 Å². The van der Waals surface area contributed by atoms with Gasteiger partial charge in [-0.25, -0.2) is 14.6 Å². The molecule has 2 aromatic heterocycles. The van der Waals surface area contributed by atoms with Gasteiger partial charge in [-0.1, -0.05) is 13.3 Å². The monoisotopic (exact) mass is 235 g/mol. The number of pyridine rings is 1. The van der Waals surface area contributed by atoms with Crippen molar-refractivity contribution in [3.63, 3.8) is 0 Å². The number of rotatable bonds is 3. The fourth-order valence-corrected chi connectivity index (χ4v) is 1.49. The zero-order chi connectivity index (χ0) is 12.3. The van der Waals surface area contributed by atoms with Crippen molar-refractivity contribution < 1.29 is 9.21 Å². The predicted molar refractivity (Wildman–Crippen MR) is 62.0 cm³/mol. The van der Waals surface area contributed by atoms with Crippen LogP contribution in [0.3, 0.4) is 0 Å². The van der Waals surface area contributed by atoms with Crippen molar-refractivity contribution in [2.24, 2.45) is 0 Å². The Morgan fingerprint density at radius 2 is 2.41 bits per heavy atom. The van der Waals surface area contributed by atoms with E-state index in [-0.39, 0.29) is 5.65 Å². The lowest BCUT2D eigenvalue weighted by molar-refractivity contribution is 0.241. The van der Waals surface area contributed by atoms with Crippen molar-refractivity contribution in [3.05, 3.63) is 28.9 Å². The third-order valence-corrected chi connectivity index (χ3v) is 2.35. The number of hydrogen-bond donors (Lipinski definition) is 1. The molecule has 90 valence electrons. The van der Waals surface area contributed by atoms with Crippen LogP contribution in [0.15, 0.2) is 27.5 Å². The summed E-state index contributed by atoms with van der Waals surface area (Å²) in [6, 6.07) is 2.74. The molecule has 2 aromatic rings. The average Bonchev–Trinajstić information content (AvgIpc) is 2.65. The summed E-state index contributed by atoms with van der Waals surface area (Å²) in [5, 5.41) is 2.64. The Kier molecular flexibility index (Phi) is 3.22. The van der Waals surface area contributed by atoms with E-state index < -0.39 is 11.8 Å². The minimum atomic E-state index is -0.715. The average molecular weight is 235 g/mol. The molecule has 0 fully saturated rings. The molecular weight excluding hydrogens is 222 g/mol. The summed E-state index contributed by atoms with van der Waals surface area (Å²) >= 11 is 0. The fourth-order valence-electron chi connectivity index (χ4n) is 1.49. The lowest BCUT2D eigenvalue weighted by Gasteiger charge is -2.02. The largest absolute Gasteiger partial charge is 0.429 e. The van der Waals surface area contributed by atoms with Gasteiger partial charge in [-0.2, -0.15) is 4.57 Å². The molecule has 6 nitrogen and oxygen atoms in total. The fraction of sp³-hybridized carbons (Fsp3) is 0.364. The molecule has 0 saturated carbocycles. The Labute approximate surface area is 97.3 Å². The molecule has 0 atom stereocenters. The van der Waals surface area contributed by atoms with Gasteiger partial charge in [0.15, 0.2) is 11.2 Å². The second-order valence-electron chi connectivity index (χ2n) is 3.61. The number of oxazole rings is 1. The minimum Gasteiger partial charge on any atom is -0.406 e. The smallest absolute Gasteiger partial charge is 0.406 e. The van der Waals surface area contributed by atoms with Crippen molar-refractivity contribution in [1.29, 1.82) is 0 Å². The standard InChI is InChI=1S/C11H13N3O3/c1-2-3-6-13-10(15)14-9-8(17-11(14)16)5-4-7-12-9/h4-5,7H,2-3,6H2,1H3,(H,13,15). The van der Waals surface area contributed by atoms with Gasteiger partial charge >= 0.3 is 11.8 Å². The molecule has 6 heteroatoms. The van der Waals surface area contributed by atoms with Gasteiger partial charge in [-0.05, 0) is 18.6 Å². The summed E-state index contributed by atoms with van der Waals surface area (Å²) in [6.45, 7) is 2.55. The molecule has 2 heterocycles. The molecule has 0 aliphatic heterocycles. The van der Waals surface area contributed by atoms with Gasteiger partial charge in [0.05, 0.1) is 0 Å². The van der Waals surface area contributed by atoms with Crippen LogP contribution in [0.5, 0.6) is 0 Å². The SMILES string of the molecule is CCCCNC(=O)n1c(=O)oc2cccnc21. The molecule has 0 spiro atoms. The van der Waals surface area contributed by atoms with Crippen LogP contribution in [0.2, 0.25) is 0 Å². The molecule has 2 rings (SSSR count). The Morgan fingerprint density at radius 3 is 3.18 bits per heavy atom. The van der Waals surface area contributed by atoms with E-state index in [1.807, 2.05) is 6.92 Å². The Balaban J connectivity index is 2.31.